The fourth-order valence-electron chi connectivity index (χ4n) is 2.39. The zero-order valence-electron chi connectivity index (χ0n) is 11.1. The molecule has 0 aliphatic carbocycles. The van der Waals surface area contributed by atoms with E-state index in [-0.39, 0.29) is 31.1 Å². The van der Waals surface area contributed by atoms with E-state index < -0.39 is 0 Å². The Morgan fingerprint density at radius 2 is 2.26 bits per heavy atom. The molecule has 104 valence electrons. The summed E-state index contributed by atoms with van der Waals surface area (Å²) in [7, 11) is 0. The van der Waals surface area contributed by atoms with E-state index in [9.17, 15) is 4.79 Å². The lowest BCUT2D eigenvalue weighted by Gasteiger charge is -2.25. The Labute approximate surface area is 113 Å². The average Bonchev–Trinajstić information content (AvgIpc) is 2.83. The predicted molar refractivity (Wildman–Crippen MR) is 73.8 cm³/mol. The lowest BCUT2D eigenvalue weighted by Crippen LogP contribution is -2.39. The van der Waals surface area contributed by atoms with Crippen molar-refractivity contribution in [3.8, 4) is 0 Å². The van der Waals surface area contributed by atoms with Crippen molar-refractivity contribution in [1.29, 1.82) is 0 Å². The molecular weight excluding hydrogens is 244 g/mol. The Balaban J connectivity index is 2.20. The monoisotopic (exact) mass is 264 g/mol. The SMILES string of the molecule is CC1CC(C(=O)N(CCO)c2ccccc2N)CO1. The van der Waals surface area contributed by atoms with E-state index in [0.29, 0.717) is 24.4 Å². The largest absolute Gasteiger partial charge is 0.397 e. The zero-order chi connectivity index (χ0) is 13.8. The fraction of sp³-hybridized carbons (Fsp3) is 0.500. The maximum atomic E-state index is 12.5. The first-order valence-corrected chi connectivity index (χ1v) is 6.51. The minimum Gasteiger partial charge on any atom is -0.397 e. The van der Waals surface area contributed by atoms with Crippen LogP contribution in [0.5, 0.6) is 0 Å². The molecule has 1 aliphatic rings. The number of aliphatic hydroxyl groups is 1. The van der Waals surface area contributed by atoms with Gasteiger partial charge >= 0.3 is 0 Å². The van der Waals surface area contributed by atoms with Crippen molar-refractivity contribution in [2.75, 3.05) is 30.4 Å². The molecule has 1 amide bonds. The Morgan fingerprint density at radius 1 is 1.53 bits per heavy atom. The summed E-state index contributed by atoms with van der Waals surface area (Å²) in [5.74, 6) is -0.183. The molecule has 2 unspecified atom stereocenters. The molecule has 1 fully saturated rings. The second-order valence-electron chi connectivity index (χ2n) is 4.85. The minimum absolute atomic E-state index is 0.0312. The number of nitrogens with two attached hydrogens (primary N) is 1. The summed E-state index contributed by atoms with van der Waals surface area (Å²) in [5, 5.41) is 9.17. The smallest absolute Gasteiger partial charge is 0.232 e. The second kappa shape index (κ2) is 6.04. The van der Waals surface area contributed by atoms with Crippen LogP contribution in [0.4, 0.5) is 11.4 Å². The van der Waals surface area contributed by atoms with Gasteiger partial charge in [0.15, 0.2) is 0 Å². The van der Waals surface area contributed by atoms with Crippen molar-refractivity contribution in [2.45, 2.75) is 19.4 Å². The molecule has 0 spiro atoms. The van der Waals surface area contributed by atoms with Gasteiger partial charge in [0.1, 0.15) is 0 Å². The molecule has 1 saturated heterocycles. The highest BCUT2D eigenvalue weighted by atomic mass is 16.5. The van der Waals surface area contributed by atoms with Gasteiger partial charge in [0, 0.05) is 6.54 Å². The van der Waals surface area contributed by atoms with Crippen molar-refractivity contribution in [2.24, 2.45) is 5.92 Å². The van der Waals surface area contributed by atoms with Gasteiger partial charge < -0.3 is 20.5 Å². The number of carbonyl (C=O) groups excluding carboxylic acids is 1. The van der Waals surface area contributed by atoms with Crippen molar-refractivity contribution < 1.29 is 14.6 Å². The maximum absolute atomic E-state index is 12.5. The van der Waals surface area contributed by atoms with E-state index in [1.165, 1.54) is 0 Å². The number of benzene rings is 1. The summed E-state index contributed by atoms with van der Waals surface area (Å²) in [6.45, 7) is 2.55. The summed E-state index contributed by atoms with van der Waals surface area (Å²) in [4.78, 5) is 14.1. The Hall–Kier alpha value is -1.59. The van der Waals surface area contributed by atoms with Crippen molar-refractivity contribution >= 4 is 17.3 Å². The van der Waals surface area contributed by atoms with Crippen LogP contribution in [0.25, 0.3) is 0 Å². The molecule has 3 N–H and O–H groups in total. The van der Waals surface area contributed by atoms with Gasteiger partial charge in [-0.15, -0.1) is 0 Å². The van der Waals surface area contributed by atoms with Gasteiger partial charge in [-0.3, -0.25) is 4.79 Å². The van der Waals surface area contributed by atoms with Crippen LogP contribution < -0.4 is 10.6 Å². The number of hydrogen-bond donors (Lipinski definition) is 2. The molecule has 0 saturated carbocycles. The number of para-hydroxylation sites is 2. The quantitative estimate of drug-likeness (QED) is 0.796. The second-order valence-corrected chi connectivity index (χ2v) is 4.85. The Bertz CT molecular complexity index is 450. The van der Waals surface area contributed by atoms with E-state index >= 15 is 0 Å². The standard InChI is InChI=1S/C14H20N2O3/c1-10-8-11(9-19-10)14(18)16(6-7-17)13-5-3-2-4-12(13)15/h2-5,10-11,17H,6-9,15H2,1H3. The molecule has 2 rings (SSSR count). The molecule has 1 heterocycles. The summed E-state index contributed by atoms with van der Waals surface area (Å²) in [6.07, 6.45) is 0.825. The highest BCUT2D eigenvalue weighted by Crippen LogP contribution is 2.27. The molecule has 0 bridgehead atoms. The van der Waals surface area contributed by atoms with Crippen molar-refractivity contribution in [1.82, 2.24) is 0 Å². The number of rotatable bonds is 4. The van der Waals surface area contributed by atoms with Crippen LogP contribution in [0.1, 0.15) is 13.3 Å². The molecular formula is C14H20N2O3. The van der Waals surface area contributed by atoms with Crippen LogP contribution in [-0.4, -0.2) is 36.9 Å². The molecule has 0 aromatic heterocycles. The lowest BCUT2D eigenvalue weighted by atomic mass is 10.0. The van der Waals surface area contributed by atoms with Gasteiger partial charge in [0.2, 0.25) is 5.91 Å². The van der Waals surface area contributed by atoms with Gasteiger partial charge in [-0.2, -0.15) is 0 Å². The van der Waals surface area contributed by atoms with Gasteiger partial charge in [-0.25, -0.2) is 0 Å². The van der Waals surface area contributed by atoms with Crippen LogP contribution in [-0.2, 0) is 9.53 Å². The molecule has 0 radical (unpaired) electrons. The first kappa shape index (κ1) is 13.8. The molecule has 1 aliphatic heterocycles. The summed E-state index contributed by atoms with van der Waals surface area (Å²) in [6, 6.07) is 7.20. The first-order valence-electron chi connectivity index (χ1n) is 6.51. The number of ether oxygens (including phenoxy) is 1. The van der Waals surface area contributed by atoms with Crippen LogP contribution in [0, 0.1) is 5.92 Å². The molecule has 2 atom stereocenters. The number of amides is 1. The van der Waals surface area contributed by atoms with Gasteiger partial charge in [0.05, 0.1) is 36.6 Å². The minimum atomic E-state index is -0.152. The normalized spacial score (nSPS) is 22.4. The number of anilines is 2. The highest BCUT2D eigenvalue weighted by Gasteiger charge is 2.32. The maximum Gasteiger partial charge on any atom is 0.232 e. The lowest BCUT2D eigenvalue weighted by molar-refractivity contribution is -0.122. The third kappa shape index (κ3) is 3.05. The van der Waals surface area contributed by atoms with Gasteiger partial charge in [0.25, 0.3) is 0 Å². The Kier molecular flexibility index (Phi) is 4.39. The number of nitrogen functional groups attached to an aromatic ring is 1. The van der Waals surface area contributed by atoms with E-state index in [0.717, 1.165) is 0 Å². The Morgan fingerprint density at radius 3 is 2.84 bits per heavy atom. The van der Waals surface area contributed by atoms with E-state index in [4.69, 9.17) is 15.6 Å². The number of aliphatic hydroxyl groups excluding tert-OH is 1. The third-order valence-corrected chi connectivity index (χ3v) is 3.36. The zero-order valence-corrected chi connectivity index (χ0v) is 11.1. The summed E-state index contributed by atoms with van der Waals surface area (Å²) < 4.78 is 5.44. The van der Waals surface area contributed by atoms with Gasteiger partial charge in [-0.1, -0.05) is 12.1 Å². The summed E-state index contributed by atoms with van der Waals surface area (Å²) >= 11 is 0. The average molecular weight is 264 g/mol. The van der Waals surface area contributed by atoms with Crippen molar-refractivity contribution in [3.63, 3.8) is 0 Å². The van der Waals surface area contributed by atoms with E-state index in [1.54, 1.807) is 17.0 Å². The molecule has 1 aromatic carbocycles. The van der Waals surface area contributed by atoms with Crippen LogP contribution in [0.15, 0.2) is 24.3 Å². The third-order valence-electron chi connectivity index (χ3n) is 3.36. The van der Waals surface area contributed by atoms with Crippen molar-refractivity contribution in [3.05, 3.63) is 24.3 Å². The number of carbonyl (C=O) groups is 1. The predicted octanol–water partition coefficient (Wildman–Crippen LogP) is 1.02. The van der Waals surface area contributed by atoms with Crippen LogP contribution >= 0.6 is 0 Å². The highest BCUT2D eigenvalue weighted by molar-refractivity contribution is 5.98. The molecule has 19 heavy (non-hydrogen) atoms. The number of hydrogen-bond acceptors (Lipinski definition) is 4. The topological polar surface area (TPSA) is 75.8 Å². The van der Waals surface area contributed by atoms with Gasteiger partial charge in [-0.05, 0) is 25.5 Å². The number of nitrogens with zero attached hydrogens (tertiary/aromatic N) is 1. The fourth-order valence-corrected chi connectivity index (χ4v) is 2.39. The summed E-state index contributed by atoms with van der Waals surface area (Å²) in [5.41, 5.74) is 7.10. The molecule has 5 heteroatoms. The molecule has 5 nitrogen and oxygen atoms in total. The van der Waals surface area contributed by atoms with E-state index in [2.05, 4.69) is 0 Å². The first-order chi connectivity index (χ1) is 9.13. The van der Waals surface area contributed by atoms with E-state index in [1.807, 2.05) is 19.1 Å². The van der Waals surface area contributed by atoms with Crippen LogP contribution in [0.2, 0.25) is 0 Å². The molecule has 1 aromatic rings. The van der Waals surface area contributed by atoms with Crippen LogP contribution in [0.3, 0.4) is 0 Å².